The lowest BCUT2D eigenvalue weighted by Gasteiger charge is -2.16. The number of hydrogen-bond donors (Lipinski definition) is 1. The summed E-state index contributed by atoms with van der Waals surface area (Å²) in [5.41, 5.74) is 0.643. The van der Waals surface area contributed by atoms with Gasteiger partial charge in [-0.05, 0) is 44.0 Å². The number of benzene rings is 1. The first-order chi connectivity index (χ1) is 7.13. The molecule has 84 valence electrons. The van der Waals surface area contributed by atoms with E-state index in [0.29, 0.717) is 17.1 Å². The summed E-state index contributed by atoms with van der Waals surface area (Å²) in [5.74, 6) is 0.652. The van der Waals surface area contributed by atoms with Gasteiger partial charge in [0.15, 0.2) is 0 Å². The molecule has 0 aliphatic carbocycles. The number of halogens is 2. The first kappa shape index (κ1) is 12.8. The fourth-order valence-electron chi connectivity index (χ4n) is 1.37. The van der Waals surface area contributed by atoms with Crippen LogP contribution in [0.1, 0.15) is 12.0 Å². The van der Waals surface area contributed by atoms with Gasteiger partial charge in [0, 0.05) is 17.1 Å². The quantitative estimate of drug-likeness (QED) is 0.782. The van der Waals surface area contributed by atoms with Crippen molar-refractivity contribution in [2.45, 2.75) is 13.0 Å². The normalized spacial score (nSPS) is 11.0. The average Bonchev–Trinajstić information content (AvgIpc) is 2.20. The maximum atomic E-state index is 13.4. The van der Waals surface area contributed by atoms with E-state index in [1.54, 1.807) is 12.1 Å². The van der Waals surface area contributed by atoms with Gasteiger partial charge in [0.05, 0.1) is 0 Å². The smallest absolute Gasteiger partial charge is 0.127 e. The summed E-state index contributed by atoms with van der Waals surface area (Å²) in [7, 11) is 1.96. The zero-order valence-corrected chi connectivity index (χ0v) is 10.4. The molecule has 0 saturated heterocycles. The minimum Gasteiger partial charge on any atom is -0.302 e. The molecular weight excluding hydrogens is 233 g/mol. The molecule has 0 aromatic heterocycles. The molecule has 0 spiro atoms. The molecule has 0 aliphatic heterocycles. The Morgan fingerprint density at radius 2 is 2.20 bits per heavy atom. The topological polar surface area (TPSA) is 3.24 Å². The molecule has 0 fully saturated rings. The third kappa shape index (κ3) is 4.41. The number of nitrogens with zero attached hydrogens (tertiary/aromatic N) is 1. The number of hydrogen-bond acceptors (Lipinski definition) is 2. The summed E-state index contributed by atoms with van der Waals surface area (Å²) in [5, 5.41) is 0.578. The largest absolute Gasteiger partial charge is 0.302 e. The molecule has 1 aromatic rings. The maximum absolute atomic E-state index is 13.4. The molecule has 0 amide bonds. The van der Waals surface area contributed by atoms with Gasteiger partial charge in [0.25, 0.3) is 0 Å². The molecule has 0 aliphatic rings. The van der Waals surface area contributed by atoms with Gasteiger partial charge in [-0.15, -0.1) is 0 Å². The van der Waals surface area contributed by atoms with Crippen LogP contribution in [0, 0.1) is 5.82 Å². The van der Waals surface area contributed by atoms with Gasteiger partial charge >= 0.3 is 0 Å². The lowest BCUT2D eigenvalue weighted by Crippen LogP contribution is -2.20. The van der Waals surface area contributed by atoms with Crippen molar-refractivity contribution in [3.63, 3.8) is 0 Å². The third-order valence-corrected chi connectivity index (χ3v) is 2.70. The van der Waals surface area contributed by atoms with Crippen molar-refractivity contribution in [1.82, 2.24) is 4.90 Å². The molecule has 15 heavy (non-hydrogen) atoms. The van der Waals surface area contributed by atoms with E-state index in [9.17, 15) is 4.39 Å². The van der Waals surface area contributed by atoms with Gasteiger partial charge in [0.2, 0.25) is 0 Å². The Bertz CT molecular complexity index is 319. The van der Waals surface area contributed by atoms with Crippen LogP contribution in [-0.2, 0) is 6.54 Å². The summed E-state index contributed by atoms with van der Waals surface area (Å²) in [4.78, 5) is 2.06. The van der Waals surface area contributed by atoms with Crippen molar-refractivity contribution in [2.75, 3.05) is 19.3 Å². The lowest BCUT2D eigenvalue weighted by molar-refractivity contribution is 0.323. The molecule has 0 bridgehead atoms. The Labute approximate surface area is 101 Å². The van der Waals surface area contributed by atoms with Gasteiger partial charge in [-0.2, -0.15) is 12.6 Å². The van der Waals surface area contributed by atoms with E-state index in [-0.39, 0.29) is 5.82 Å². The van der Waals surface area contributed by atoms with Gasteiger partial charge in [-0.1, -0.05) is 11.6 Å². The predicted octanol–water partition coefficient (Wildman–Crippen LogP) is 3.23. The molecule has 0 heterocycles. The number of thiol groups is 1. The highest BCUT2D eigenvalue weighted by Crippen LogP contribution is 2.16. The van der Waals surface area contributed by atoms with Crippen molar-refractivity contribution < 1.29 is 4.39 Å². The second-order valence-electron chi connectivity index (χ2n) is 3.55. The predicted molar refractivity (Wildman–Crippen MR) is 66.2 cm³/mol. The monoisotopic (exact) mass is 247 g/mol. The molecule has 1 nitrogen and oxygen atoms in total. The van der Waals surface area contributed by atoms with Gasteiger partial charge in [-0.25, -0.2) is 4.39 Å². The summed E-state index contributed by atoms with van der Waals surface area (Å²) in [6.07, 6.45) is 1.00. The van der Waals surface area contributed by atoms with Gasteiger partial charge in [0.1, 0.15) is 5.82 Å². The molecule has 0 N–H and O–H groups in total. The Kier molecular flexibility index (Phi) is 5.43. The Hall–Kier alpha value is -0.250. The van der Waals surface area contributed by atoms with Crippen LogP contribution in [0.25, 0.3) is 0 Å². The van der Waals surface area contributed by atoms with Gasteiger partial charge < -0.3 is 4.90 Å². The van der Waals surface area contributed by atoms with Crippen LogP contribution in [-0.4, -0.2) is 24.2 Å². The first-order valence-electron chi connectivity index (χ1n) is 4.87. The Balaban J connectivity index is 2.59. The summed E-state index contributed by atoms with van der Waals surface area (Å²) < 4.78 is 13.4. The van der Waals surface area contributed by atoms with Crippen LogP contribution in [0.3, 0.4) is 0 Å². The number of rotatable bonds is 5. The second kappa shape index (κ2) is 6.36. The standard InChI is InChI=1S/C11H15ClFNS/c1-14(5-2-6-15)8-9-7-10(12)3-4-11(9)13/h3-4,7,15H,2,5-6,8H2,1H3. The molecule has 1 aromatic carbocycles. The van der Waals surface area contributed by atoms with Crippen LogP contribution in [0.15, 0.2) is 18.2 Å². The summed E-state index contributed by atoms with van der Waals surface area (Å²) in [6, 6.07) is 4.65. The molecule has 0 atom stereocenters. The fraction of sp³-hybridized carbons (Fsp3) is 0.455. The molecule has 0 saturated carbocycles. The zero-order chi connectivity index (χ0) is 11.3. The third-order valence-electron chi connectivity index (χ3n) is 2.15. The Morgan fingerprint density at radius 3 is 2.87 bits per heavy atom. The SMILES string of the molecule is CN(CCCS)Cc1cc(Cl)ccc1F. The van der Waals surface area contributed by atoms with E-state index in [0.717, 1.165) is 18.7 Å². The van der Waals surface area contributed by atoms with Crippen molar-refractivity contribution in [3.8, 4) is 0 Å². The maximum Gasteiger partial charge on any atom is 0.127 e. The van der Waals surface area contributed by atoms with Gasteiger partial charge in [-0.3, -0.25) is 0 Å². The van der Waals surface area contributed by atoms with Crippen molar-refractivity contribution in [3.05, 3.63) is 34.6 Å². The van der Waals surface area contributed by atoms with E-state index in [4.69, 9.17) is 11.6 Å². The van der Waals surface area contributed by atoms with E-state index >= 15 is 0 Å². The van der Waals surface area contributed by atoms with E-state index < -0.39 is 0 Å². The van der Waals surface area contributed by atoms with E-state index in [1.807, 2.05) is 7.05 Å². The highest BCUT2D eigenvalue weighted by atomic mass is 35.5. The second-order valence-corrected chi connectivity index (χ2v) is 4.43. The molecule has 0 radical (unpaired) electrons. The highest BCUT2D eigenvalue weighted by Gasteiger charge is 2.05. The van der Waals surface area contributed by atoms with E-state index in [2.05, 4.69) is 17.5 Å². The van der Waals surface area contributed by atoms with Crippen LogP contribution in [0.4, 0.5) is 4.39 Å². The molecular formula is C11H15ClFNS. The molecule has 1 rings (SSSR count). The van der Waals surface area contributed by atoms with Crippen molar-refractivity contribution in [1.29, 1.82) is 0 Å². The minimum atomic E-state index is -0.197. The zero-order valence-electron chi connectivity index (χ0n) is 8.71. The average molecular weight is 248 g/mol. The lowest BCUT2D eigenvalue weighted by atomic mass is 10.2. The van der Waals surface area contributed by atoms with E-state index in [1.165, 1.54) is 6.07 Å². The first-order valence-corrected chi connectivity index (χ1v) is 5.88. The fourth-order valence-corrected chi connectivity index (χ4v) is 1.71. The molecule has 0 unspecified atom stereocenters. The van der Waals surface area contributed by atoms with Crippen LogP contribution in [0.5, 0.6) is 0 Å². The van der Waals surface area contributed by atoms with Crippen molar-refractivity contribution >= 4 is 24.2 Å². The van der Waals surface area contributed by atoms with Crippen LogP contribution in [0.2, 0.25) is 5.02 Å². The van der Waals surface area contributed by atoms with Crippen LogP contribution >= 0.6 is 24.2 Å². The highest BCUT2D eigenvalue weighted by molar-refractivity contribution is 7.80. The Morgan fingerprint density at radius 1 is 1.47 bits per heavy atom. The summed E-state index contributed by atoms with van der Waals surface area (Å²) >= 11 is 9.94. The molecule has 4 heteroatoms. The van der Waals surface area contributed by atoms with Crippen LogP contribution < -0.4 is 0 Å². The minimum absolute atomic E-state index is 0.197. The van der Waals surface area contributed by atoms with Crippen molar-refractivity contribution in [2.24, 2.45) is 0 Å². The summed E-state index contributed by atoms with van der Waals surface area (Å²) in [6.45, 7) is 1.50.